The van der Waals surface area contributed by atoms with Crippen LogP contribution in [0.5, 0.6) is 5.75 Å². The van der Waals surface area contributed by atoms with E-state index < -0.39 is 10.9 Å². The van der Waals surface area contributed by atoms with Crippen LogP contribution in [0.25, 0.3) is 6.08 Å². The van der Waals surface area contributed by atoms with Gasteiger partial charge in [0.15, 0.2) is 5.70 Å². The number of non-ortho nitro benzene ring substituents is 1. The van der Waals surface area contributed by atoms with E-state index >= 15 is 0 Å². The second-order valence-electron chi connectivity index (χ2n) is 5.03. The van der Waals surface area contributed by atoms with E-state index in [1.54, 1.807) is 37.5 Å². The number of carbonyl (C=O) groups is 1. The van der Waals surface area contributed by atoms with Gasteiger partial charge in [-0.25, -0.2) is 9.79 Å². The lowest BCUT2D eigenvalue weighted by Gasteiger charge is -2.02. The molecule has 1 aliphatic heterocycles. The number of benzene rings is 2. The Morgan fingerprint density at radius 1 is 1.24 bits per heavy atom. The summed E-state index contributed by atoms with van der Waals surface area (Å²) in [7, 11) is 1.56. The highest BCUT2D eigenvalue weighted by atomic mass is 35.5. The number of ether oxygens (including phenoxy) is 2. The first-order chi connectivity index (χ1) is 12.0. The lowest BCUT2D eigenvalue weighted by molar-refractivity contribution is -0.384. The number of esters is 1. The van der Waals surface area contributed by atoms with Crippen molar-refractivity contribution < 1.29 is 19.2 Å². The number of hydrogen-bond acceptors (Lipinski definition) is 6. The van der Waals surface area contributed by atoms with Crippen molar-refractivity contribution in [1.29, 1.82) is 0 Å². The summed E-state index contributed by atoms with van der Waals surface area (Å²) in [6.07, 6.45) is 1.54. The van der Waals surface area contributed by atoms with Crippen LogP contribution >= 0.6 is 11.6 Å². The van der Waals surface area contributed by atoms with Gasteiger partial charge in [-0.2, -0.15) is 0 Å². The van der Waals surface area contributed by atoms with E-state index in [9.17, 15) is 14.9 Å². The maximum absolute atomic E-state index is 12.0. The number of hydrogen-bond donors (Lipinski definition) is 0. The third kappa shape index (κ3) is 3.51. The molecule has 0 aromatic heterocycles. The van der Waals surface area contributed by atoms with Crippen LogP contribution in [-0.2, 0) is 9.53 Å². The topological polar surface area (TPSA) is 91.0 Å². The molecular formula is C17H11ClN2O5. The van der Waals surface area contributed by atoms with E-state index in [-0.39, 0.29) is 27.9 Å². The average Bonchev–Trinajstić information content (AvgIpc) is 2.96. The summed E-state index contributed by atoms with van der Waals surface area (Å²) < 4.78 is 10.2. The number of rotatable bonds is 4. The molecular weight excluding hydrogens is 348 g/mol. The fourth-order valence-corrected chi connectivity index (χ4v) is 2.37. The highest BCUT2D eigenvalue weighted by Crippen LogP contribution is 2.27. The van der Waals surface area contributed by atoms with Crippen molar-refractivity contribution in [2.24, 2.45) is 4.99 Å². The average molecular weight is 359 g/mol. The van der Waals surface area contributed by atoms with Crippen LogP contribution < -0.4 is 4.74 Å². The summed E-state index contributed by atoms with van der Waals surface area (Å²) in [5.41, 5.74) is 0.804. The van der Waals surface area contributed by atoms with Crippen molar-refractivity contribution in [3.63, 3.8) is 0 Å². The quantitative estimate of drug-likeness (QED) is 0.360. The van der Waals surface area contributed by atoms with Gasteiger partial charge in [-0.3, -0.25) is 10.1 Å². The molecule has 0 unspecified atom stereocenters. The van der Waals surface area contributed by atoms with Crippen LogP contribution in [0.4, 0.5) is 5.69 Å². The van der Waals surface area contributed by atoms with Gasteiger partial charge in [0.1, 0.15) is 5.75 Å². The van der Waals surface area contributed by atoms with Gasteiger partial charge in [-0.15, -0.1) is 0 Å². The fourth-order valence-electron chi connectivity index (χ4n) is 2.17. The summed E-state index contributed by atoms with van der Waals surface area (Å²) in [6, 6.07) is 10.8. The Morgan fingerprint density at radius 3 is 2.60 bits per heavy atom. The van der Waals surface area contributed by atoms with Crippen LogP contribution in [0.1, 0.15) is 11.1 Å². The van der Waals surface area contributed by atoms with Gasteiger partial charge in [-0.05, 0) is 29.8 Å². The van der Waals surface area contributed by atoms with Crippen LogP contribution in [0.2, 0.25) is 5.02 Å². The van der Waals surface area contributed by atoms with Gasteiger partial charge in [0, 0.05) is 12.1 Å². The maximum Gasteiger partial charge on any atom is 0.363 e. The van der Waals surface area contributed by atoms with E-state index in [2.05, 4.69) is 4.99 Å². The predicted octanol–water partition coefficient (Wildman–Crippen LogP) is 3.60. The van der Waals surface area contributed by atoms with Gasteiger partial charge < -0.3 is 9.47 Å². The molecule has 0 amide bonds. The van der Waals surface area contributed by atoms with E-state index in [0.29, 0.717) is 5.75 Å². The van der Waals surface area contributed by atoms with E-state index in [0.717, 1.165) is 5.56 Å². The van der Waals surface area contributed by atoms with E-state index in [1.165, 1.54) is 18.2 Å². The number of nitro groups is 1. The maximum atomic E-state index is 12.0. The number of nitro benzene ring substituents is 1. The largest absolute Gasteiger partial charge is 0.497 e. The Bertz CT molecular complexity index is 919. The minimum atomic E-state index is -0.659. The number of nitrogens with zero attached hydrogens (tertiary/aromatic N) is 2. The van der Waals surface area contributed by atoms with Gasteiger partial charge >= 0.3 is 5.97 Å². The Labute approximate surface area is 147 Å². The minimum absolute atomic E-state index is 0.0709. The Balaban J connectivity index is 1.96. The molecule has 0 aliphatic carbocycles. The lowest BCUT2D eigenvalue weighted by atomic mass is 10.2. The van der Waals surface area contributed by atoms with Crippen LogP contribution in [0.15, 0.2) is 53.2 Å². The first-order valence-electron chi connectivity index (χ1n) is 7.09. The molecule has 0 saturated carbocycles. The van der Waals surface area contributed by atoms with Gasteiger partial charge in [0.05, 0.1) is 22.6 Å². The molecule has 1 aliphatic rings. The van der Waals surface area contributed by atoms with Crippen LogP contribution in [0.3, 0.4) is 0 Å². The van der Waals surface area contributed by atoms with Crippen molar-refractivity contribution >= 4 is 35.2 Å². The highest BCUT2D eigenvalue weighted by molar-refractivity contribution is 6.34. The molecule has 0 bridgehead atoms. The molecule has 3 rings (SSSR count). The summed E-state index contributed by atoms with van der Waals surface area (Å²) in [4.78, 5) is 26.4. The van der Waals surface area contributed by atoms with Crippen LogP contribution in [0, 0.1) is 10.1 Å². The van der Waals surface area contributed by atoms with Crippen molar-refractivity contribution in [1.82, 2.24) is 0 Å². The smallest absolute Gasteiger partial charge is 0.363 e. The normalized spacial score (nSPS) is 15.0. The zero-order valence-corrected chi connectivity index (χ0v) is 13.7. The van der Waals surface area contributed by atoms with Gasteiger partial charge in [-0.1, -0.05) is 23.7 Å². The molecule has 8 heteroatoms. The standard InChI is InChI=1S/C17H11ClN2O5/c1-24-12-5-2-10(3-6-12)8-15-17(21)25-16(19-15)13-9-11(20(22)23)4-7-14(13)18/h2-9H,1H3. The molecule has 2 aromatic carbocycles. The summed E-state index contributed by atoms with van der Waals surface area (Å²) in [5.74, 6) is -0.0458. The molecule has 126 valence electrons. The molecule has 25 heavy (non-hydrogen) atoms. The van der Waals surface area contributed by atoms with Crippen molar-refractivity contribution in [2.45, 2.75) is 0 Å². The first kappa shape index (κ1) is 16.7. The monoisotopic (exact) mass is 358 g/mol. The summed E-state index contributed by atoms with van der Waals surface area (Å²) >= 11 is 6.04. The lowest BCUT2D eigenvalue weighted by Crippen LogP contribution is -2.06. The van der Waals surface area contributed by atoms with Crippen LogP contribution in [-0.4, -0.2) is 23.9 Å². The van der Waals surface area contributed by atoms with E-state index in [4.69, 9.17) is 21.1 Å². The zero-order valence-electron chi connectivity index (χ0n) is 12.9. The van der Waals surface area contributed by atoms with Crippen molar-refractivity contribution in [2.75, 3.05) is 7.11 Å². The Hall–Kier alpha value is -3.19. The SMILES string of the molecule is COc1ccc(C=C2N=C(c3cc([N+](=O)[O-])ccc3Cl)OC2=O)cc1. The van der Waals surface area contributed by atoms with Gasteiger partial charge in [0.25, 0.3) is 5.69 Å². The minimum Gasteiger partial charge on any atom is -0.497 e. The predicted molar refractivity (Wildman–Crippen MR) is 91.7 cm³/mol. The second-order valence-corrected chi connectivity index (χ2v) is 5.44. The summed E-state index contributed by atoms with van der Waals surface area (Å²) in [5, 5.41) is 11.1. The van der Waals surface area contributed by atoms with Crippen molar-refractivity contribution in [3.05, 3.63) is 74.4 Å². The molecule has 0 radical (unpaired) electrons. The highest BCUT2D eigenvalue weighted by Gasteiger charge is 2.27. The molecule has 7 nitrogen and oxygen atoms in total. The van der Waals surface area contributed by atoms with Crippen molar-refractivity contribution in [3.8, 4) is 5.75 Å². The Kier molecular flexibility index (Phi) is 4.49. The number of cyclic esters (lactones) is 1. The third-order valence-electron chi connectivity index (χ3n) is 3.43. The molecule has 2 aromatic rings. The number of carbonyl (C=O) groups excluding carboxylic acids is 1. The molecule has 0 saturated heterocycles. The molecule has 1 heterocycles. The molecule has 0 spiro atoms. The van der Waals surface area contributed by atoms with E-state index in [1.807, 2.05) is 0 Å². The zero-order chi connectivity index (χ0) is 18.0. The molecule has 0 atom stereocenters. The van der Waals surface area contributed by atoms with Gasteiger partial charge in [0.2, 0.25) is 5.90 Å². The first-order valence-corrected chi connectivity index (χ1v) is 7.46. The second kappa shape index (κ2) is 6.74. The third-order valence-corrected chi connectivity index (χ3v) is 3.76. The number of methoxy groups -OCH3 is 1. The summed E-state index contributed by atoms with van der Waals surface area (Å²) in [6.45, 7) is 0. The number of halogens is 1. The fraction of sp³-hybridized carbons (Fsp3) is 0.0588. The number of aliphatic imine (C=N–C) groups is 1. The Morgan fingerprint density at radius 2 is 1.96 bits per heavy atom. The molecule has 0 fully saturated rings. The molecule has 0 N–H and O–H groups in total.